The van der Waals surface area contributed by atoms with E-state index in [4.69, 9.17) is 0 Å². The molecule has 5 heteroatoms. The van der Waals surface area contributed by atoms with Crippen molar-refractivity contribution in [3.63, 3.8) is 0 Å². The summed E-state index contributed by atoms with van der Waals surface area (Å²) in [5.41, 5.74) is 0. The summed E-state index contributed by atoms with van der Waals surface area (Å²) in [4.78, 5) is 0. The zero-order valence-electron chi connectivity index (χ0n) is 2.66. The topological polar surface area (TPSA) is 3.24 Å². The Labute approximate surface area is 64.6 Å². The maximum atomic E-state index is 4.54. The predicted octanol–water partition coefficient (Wildman–Crippen LogP) is 0.810. The number of thiocarbonyl (C=S) groups is 1. The summed E-state index contributed by atoms with van der Waals surface area (Å²) in [5.74, 6) is 0. The molecule has 0 aromatic rings. The Kier molecular flexibility index (Phi) is 4.01. The maximum absolute atomic E-state index is 4.54. The van der Waals surface area contributed by atoms with Gasteiger partial charge in [0, 0.05) is 0 Å². The molecule has 0 unspecified atom stereocenters. The normalized spacial score (nSPS) is 7.67. The minimum atomic E-state index is 0.489. The molecule has 0 atom stereocenters. The van der Waals surface area contributed by atoms with Crippen LogP contribution in [0.5, 0.6) is 0 Å². The third-order valence-electron chi connectivity index (χ3n) is 0.164. The van der Waals surface area contributed by atoms with Crippen molar-refractivity contribution in [3.05, 3.63) is 0 Å². The standard InChI is InChI=1S/CH3NS3.Mo/c3-1(4)2-5;/h(H3,2,3,4,5);/q;+1/p-1. The van der Waals surface area contributed by atoms with Gasteiger partial charge in [0.15, 0.2) is 0 Å². The third kappa shape index (κ3) is 3.47. The Bertz CT molecular complexity index is 61.8. The third-order valence-corrected chi connectivity index (χ3v) is 2.16. The zero-order chi connectivity index (χ0) is 5.15. The van der Waals surface area contributed by atoms with E-state index in [1.807, 2.05) is 0 Å². The minimum absolute atomic E-state index is 0.489. The van der Waals surface area contributed by atoms with Crippen molar-refractivity contribution in [1.82, 2.24) is 2.86 Å². The Morgan fingerprint density at radius 1 is 1.83 bits per heavy atom. The van der Waals surface area contributed by atoms with Crippen LogP contribution < -0.4 is 0 Å². The Balaban J connectivity index is 3.26. The summed E-state index contributed by atoms with van der Waals surface area (Å²) in [7, 11) is 0. The van der Waals surface area contributed by atoms with E-state index in [9.17, 15) is 0 Å². The van der Waals surface area contributed by atoms with E-state index in [1.54, 1.807) is 20.1 Å². The van der Waals surface area contributed by atoms with E-state index >= 15 is 0 Å². The van der Waals surface area contributed by atoms with Crippen LogP contribution in [0.2, 0.25) is 0 Å². The molecule has 0 saturated heterocycles. The van der Waals surface area contributed by atoms with E-state index < -0.39 is 0 Å². The zero-order valence-corrected chi connectivity index (χ0v) is 7.27. The number of thiol groups is 2. The second-order valence-corrected chi connectivity index (χ2v) is 3.68. The van der Waals surface area contributed by atoms with Crippen LogP contribution in [0.25, 0.3) is 0 Å². The van der Waals surface area contributed by atoms with E-state index in [0.717, 1.165) is 0 Å². The molecule has 0 aromatic carbocycles. The fourth-order valence-corrected chi connectivity index (χ4v) is 0. The van der Waals surface area contributed by atoms with Crippen LogP contribution in [0.3, 0.4) is 0 Å². The van der Waals surface area contributed by atoms with Crippen LogP contribution in [0.4, 0.5) is 0 Å². The van der Waals surface area contributed by atoms with Crippen molar-refractivity contribution in [1.29, 1.82) is 0 Å². The van der Waals surface area contributed by atoms with Gasteiger partial charge in [0.2, 0.25) is 0 Å². The van der Waals surface area contributed by atoms with Crippen molar-refractivity contribution in [2.45, 2.75) is 0 Å². The number of nitrogens with zero attached hydrogens (tertiary/aromatic N) is 1. The van der Waals surface area contributed by atoms with Crippen LogP contribution in [-0.2, 0) is 20.1 Å². The molecule has 0 saturated carbocycles. The molecule has 0 heterocycles. The number of rotatable bonds is 0. The number of hydrogen-bond donors (Lipinski definition) is 2. The molecule has 0 amide bonds. The van der Waals surface area contributed by atoms with E-state index in [-0.39, 0.29) is 0 Å². The van der Waals surface area contributed by atoms with E-state index in [0.29, 0.717) is 4.32 Å². The summed E-state index contributed by atoms with van der Waals surface area (Å²) in [5, 5.41) is 0. The average Bonchev–Trinajstić information content (AvgIpc) is 1.36. The molecule has 0 radical (unpaired) electrons. The molecule has 6 heavy (non-hydrogen) atoms. The fraction of sp³-hybridized carbons (Fsp3) is 0. The molecule has 0 bridgehead atoms. The molecule has 0 aromatic heterocycles. The quantitative estimate of drug-likeness (QED) is 0.353. The van der Waals surface area contributed by atoms with Crippen molar-refractivity contribution < 1.29 is 20.1 Å². The van der Waals surface area contributed by atoms with Gasteiger partial charge in [0.25, 0.3) is 0 Å². The van der Waals surface area contributed by atoms with Gasteiger partial charge in [-0.05, 0) is 0 Å². The molecule has 0 aliphatic rings. The van der Waals surface area contributed by atoms with Crippen molar-refractivity contribution in [2.24, 2.45) is 0 Å². The van der Waals surface area contributed by atoms with Gasteiger partial charge in [-0.25, -0.2) is 0 Å². The van der Waals surface area contributed by atoms with Gasteiger partial charge in [0.05, 0.1) is 0 Å². The molecule has 0 rings (SSSR count). The SMILES string of the molecule is S=C(S)[N](S)[Mo]. The second-order valence-electron chi connectivity index (χ2n) is 0.556. The summed E-state index contributed by atoms with van der Waals surface area (Å²) < 4.78 is 1.96. The molecule has 1 nitrogen and oxygen atoms in total. The average molecular weight is 220 g/mol. The molecular formula is CH2MoNS3. The van der Waals surface area contributed by atoms with Gasteiger partial charge < -0.3 is 0 Å². The first-order valence-electron chi connectivity index (χ1n) is 1.03. The van der Waals surface area contributed by atoms with Crippen molar-refractivity contribution in [2.75, 3.05) is 0 Å². The molecule has 0 N–H and O–H groups in total. The van der Waals surface area contributed by atoms with Crippen LogP contribution >= 0.6 is 37.7 Å². The van der Waals surface area contributed by atoms with Gasteiger partial charge in [-0.2, -0.15) is 0 Å². The fourth-order valence-electron chi connectivity index (χ4n) is 0. The molecule has 0 aliphatic heterocycles. The first kappa shape index (κ1) is 7.28. The van der Waals surface area contributed by atoms with Crippen LogP contribution in [0.15, 0.2) is 0 Å². The van der Waals surface area contributed by atoms with E-state index in [2.05, 4.69) is 37.7 Å². The summed E-state index contributed by atoms with van der Waals surface area (Å²) in [6.45, 7) is 0. The van der Waals surface area contributed by atoms with Gasteiger partial charge in [-0.1, -0.05) is 0 Å². The Morgan fingerprint density at radius 2 is 2.00 bits per heavy atom. The molecular weight excluding hydrogens is 218 g/mol. The van der Waals surface area contributed by atoms with Crippen LogP contribution in [0.1, 0.15) is 0 Å². The predicted molar refractivity (Wildman–Crippen MR) is 32.4 cm³/mol. The summed E-state index contributed by atoms with van der Waals surface area (Å²) in [6, 6.07) is 0. The van der Waals surface area contributed by atoms with Gasteiger partial charge in [-0.15, -0.1) is 0 Å². The number of hydrogen-bond acceptors (Lipinski definition) is 2. The van der Waals surface area contributed by atoms with Crippen LogP contribution in [-0.4, -0.2) is 7.18 Å². The van der Waals surface area contributed by atoms with Gasteiger partial charge in [0.1, 0.15) is 0 Å². The summed E-state index contributed by atoms with van der Waals surface area (Å²) >= 11 is 13.8. The van der Waals surface area contributed by atoms with Crippen molar-refractivity contribution in [3.8, 4) is 0 Å². The molecule has 0 aliphatic carbocycles. The van der Waals surface area contributed by atoms with Crippen LogP contribution in [0, 0.1) is 0 Å². The first-order chi connectivity index (χ1) is 2.64. The van der Waals surface area contributed by atoms with Crippen molar-refractivity contribution >= 4 is 42.0 Å². The first-order valence-corrected chi connectivity index (χ1v) is 3.19. The van der Waals surface area contributed by atoms with E-state index in [1.165, 1.54) is 2.86 Å². The Morgan fingerprint density at radius 3 is 2.00 bits per heavy atom. The monoisotopic (exact) mass is 222 g/mol. The second kappa shape index (κ2) is 3.30. The Hall–Kier alpha value is 1.28. The van der Waals surface area contributed by atoms with Gasteiger partial charge in [-0.3, -0.25) is 0 Å². The van der Waals surface area contributed by atoms with Gasteiger partial charge >= 0.3 is 64.9 Å². The molecule has 0 spiro atoms. The molecule has 0 fully saturated rings. The molecule has 35 valence electrons. The summed E-state index contributed by atoms with van der Waals surface area (Å²) in [6.07, 6.45) is 0.